The number of hydrogen-bond donors (Lipinski definition) is 2. The van der Waals surface area contributed by atoms with Gasteiger partial charge in [0.1, 0.15) is 11.6 Å². The van der Waals surface area contributed by atoms with E-state index in [1.807, 2.05) is 31.2 Å². The Morgan fingerprint density at radius 3 is 2.44 bits per heavy atom. The van der Waals surface area contributed by atoms with E-state index in [0.717, 1.165) is 11.4 Å². The summed E-state index contributed by atoms with van der Waals surface area (Å²) in [6.45, 7) is 2.04. The van der Waals surface area contributed by atoms with Gasteiger partial charge in [-0.05, 0) is 6.92 Å². The Morgan fingerprint density at radius 2 is 1.81 bits per heavy atom. The molecule has 0 amide bonds. The maximum absolute atomic E-state index is 5.71. The molecule has 0 aliphatic carbocycles. The standard InChI is InChI=1S/C12H14N4/c1-8-3-5-9(6-4-8)12-15-10(13)7-11(14-2)16-12/h3-7H,1-2H3,(H3,13,14,15,16). The van der Waals surface area contributed by atoms with Crippen LogP contribution in [0.2, 0.25) is 0 Å². The van der Waals surface area contributed by atoms with Crippen LogP contribution in [0.15, 0.2) is 30.3 Å². The quantitative estimate of drug-likeness (QED) is 0.803. The van der Waals surface area contributed by atoms with Crippen LogP contribution in [-0.4, -0.2) is 17.0 Å². The Bertz CT molecular complexity index is 491. The predicted molar refractivity (Wildman–Crippen MR) is 66.2 cm³/mol. The Morgan fingerprint density at radius 1 is 1.12 bits per heavy atom. The zero-order chi connectivity index (χ0) is 11.5. The molecule has 0 aliphatic heterocycles. The van der Waals surface area contributed by atoms with Gasteiger partial charge in [-0.25, -0.2) is 9.97 Å². The molecule has 82 valence electrons. The molecule has 0 saturated carbocycles. The van der Waals surface area contributed by atoms with Crippen molar-refractivity contribution in [2.45, 2.75) is 6.92 Å². The fourth-order valence-electron chi connectivity index (χ4n) is 1.43. The summed E-state index contributed by atoms with van der Waals surface area (Å²) in [5.41, 5.74) is 7.89. The van der Waals surface area contributed by atoms with E-state index < -0.39 is 0 Å². The maximum atomic E-state index is 5.71. The number of rotatable bonds is 2. The molecular formula is C12H14N4. The summed E-state index contributed by atoms with van der Waals surface area (Å²) in [5.74, 6) is 1.84. The molecule has 0 unspecified atom stereocenters. The van der Waals surface area contributed by atoms with Gasteiger partial charge in [-0.3, -0.25) is 0 Å². The van der Waals surface area contributed by atoms with E-state index in [1.54, 1.807) is 13.1 Å². The number of benzene rings is 1. The first-order valence-electron chi connectivity index (χ1n) is 5.08. The van der Waals surface area contributed by atoms with Gasteiger partial charge in [0, 0.05) is 18.7 Å². The average molecular weight is 214 g/mol. The van der Waals surface area contributed by atoms with Crippen LogP contribution >= 0.6 is 0 Å². The van der Waals surface area contributed by atoms with E-state index in [4.69, 9.17) is 5.73 Å². The smallest absolute Gasteiger partial charge is 0.163 e. The third-order valence-electron chi connectivity index (χ3n) is 2.31. The van der Waals surface area contributed by atoms with Crippen molar-refractivity contribution in [2.75, 3.05) is 18.1 Å². The highest BCUT2D eigenvalue weighted by Gasteiger charge is 2.03. The molecule has 16 heavy (non-hydrogen) atoms. The van der Waals surface area contributed by atoms with Gasteiger partial charge in [0.2, 0.25) is 0 Å². The summed E-state index contributed by atoms with van der Waals surface area (Å²) in [7, 11) is 1.81. The number of hydrogen-bond acceptors (Lipinski definition) is 4. The van der Waals surface area contributed by atoms with Crippen molar-refractivity contribution < 1.29 is 0 Å². The lowest BCUT2D eigenvalue weighted by atomic mass is 10.1. The van der Waals surface area contributed by atoms with Crippen LogP contribution in [0.1, 0.15) is 5.56 Å². The number of anilines is 2. The molecule has 2 rings (SSSR count). The van der Waals surface area contributed by atoms with E-state index in [9.17, 15) is 0 Å². The molecule has 0 radical (unpaired) electrons. The third kappa shape index (κ3) is 2.11. The summed E-state index contributed by atoms with van der Waals surface area (Å²) in [5, 5.41) is 2.96. The molecule has 4 heteroatoms. The summed E-state index contributed by atoms with van der Waals surface area (Å²) < 4.78 is 0. The van der Waals surface area contributed by atoms with Gasteiger partial charge in [-0.2, -0.15) is 0 Å². The number of nitrogens with one attached hydrogen (secondary N) is 1. The van der Waals surface area contributed by atoms with Gasteiger partial charge in [-0.15, -0.1) is 0 Å². The number of aryl methyl sites for hydroxylation is 1. The van der Waals surface area contributed by atoms with Crippen molar-refractivity contribution >= 4 is 11.6 Å². The lowest BCUT2D eigenvalue weighted by molar-refractivity contribution is 1.17. The molecule has 2 aromatic rings. The summed E-state index contributed by atoms with van der Waals surface area (Å²) in [6, 6.07) is 9.74. The van der Waals surface area contributed by atoms with Crippen LogP contribution < -0.4 is 11.1 Å². The summed E-state index contributed by atoms with van der Waals surface area (Å²) >= 11 is 0. The lowest BCUT2D eigenvalue weighted by Crippen LogP contribution is -2.00. The van der Waals surface area contributed by atoms with Crippen molar-refractivity contribution in [2.24, 2.45) is 0 Å². The molecule has 0 fully saturated rings. The highest BCUT2D eigenvalue weighted by atomic mass is 15.0. The number of nitrogen functional groups attached to an aromatic ring is 1. The molecule has 0 aliphatic rings. The summed E-state index contributed by atoms with van der Waals surface area (Å²) in [4.78, 5) is 8.56. The second-order valence-electron chi connectivity index (χ2n) is 3.62. The monoisotopic (exact) mass is 214 g/mol. The van der Waals surface area contributed by atoms with Gasteiger partial charge in [-0.1, -0.05) is 29.8 Å². The van der Waals surface area contributed by atoms with Crippen LogP contribution in [0, 0.1) is 6.92 Å². The molecule has 1 aromatic heterocycles. The molecule has 4 nitrogen and oxygen atoms in total. The third-order valence-corrected chi connectivity index (χ3v) is 2.31. The minimum atomic E-state index is 0.468. The molecular weight excluding hydrogens is 200 g/mol. The zero-order valence-electron chi connectivity index (χ0n) is 9.36. The Kier molecular flexibility index (Phi) is 2.72. The first-order chi connectivity index (χ1) is 7.69. The maximum Gasteiger partial charge on any atom is 0.163 e. The lowest BCUT2D eigenvalue weighted by Gasteiger charge is -2.05. The van der Waals surface area contributed by atoms with Crippen molar-refractivity contribution in [3.05, 3.63) is 35.9 Å². The first-order valence-corrected chi connectivity index (χ1v) is 5.08. The largest absolute Gasteiger partial charge is 0.384 e. The highest BCUT2D eigenvalue weighted by Crippen LogP contribution is 2.18. The highest BCUT2D eigenvalue weighted by molar-refractivity contribution is 5.60. The van der Waals surface area contributed by atoms with Gasteiger partial charge >= 0.3 is 0 Å². The fourth-order valence-corrected chi connectivity index (χ4v) is 1.43. The van der Waals surface area contributed by atoms with Gasteiger partial charge in [0.05, 0.1) is 0 Å². The molecule has 1 heterocycles. The molecule has 1 aromatic carbocycles. The number of nitrogens with two attached hydrogens (primary N) is 1. The predicted octanol–water partition coefficient (Wildman–Crippen LogP) is 2.08. The second kappa shape index (κ2) is 4.18. The van der Waals surface area contributed by atoms with Gasteiger partial charge in [0.15, 0.2) is 5.82 Å². The minimum Gasteiger partial charge on any atom is -0.384 e. The Balaban J connectivity index is 2.47. The van der Waals surface area contributed by atoms with E-state index in [0.29, 0.717) is 11.6 Å². The van der Waals surface area contributed by atoms with Crippen LogP contribution in [0.25, 0.3) is 11.4 Å². The zero-order valence-corrected chi connectivity index (χ0v) is 9.36. The van der Waals surface area contributed by atoms with Gasteiger partial charge in [0.25, 0.3) is 0 Å². The van der Waals surface area contributed by atoms with Crippen LogP contribution in [0.5, 0.6) is 0 Å². The number of nitrogens with zero attached hydrogens (tertiary/aromatic N) is 2. The SMILES string of the molecule is CNc1cc(N)nc(-c2ccc(C)cc2)n1. The van der Waals surface area contributed by atoms with E-state index in [-0.39, 0.29) is 0 Å². The molecule has 0 bridgehead atoms. The first kappa shape index (κ1) is 10.4. The van der Waals surface area contributed by atoms with Crippen molar-refractivity contribution in [3.63, 3.8) is 0 Å². The molecule has 3 N–H and O–H groups in total. The topological polar surface area (TPSA) is 63.8 Å². The second-order valence-corrected chi connectivity index (χ2v) is 3.62. The average Bonchev–Trinajstić information content (AvgIpc) is 2.29. The minimum absolute atomic E-state index is 0.468. The van der Waals surface area contributed by atoms with Crippen molar-refractivity contribution in [1.29, 1.82) is 0 Å². The van der Waals surface area contributed by atoms with Crippen molar-refractivity contribution in [1.82, 2.24) is 9.97 Å². The summed E-state index contributed by atoms with van der Waals surface area (Å²) in [6.07, 6.45) is 0. The fraction of sp³-hybridized carbons (Fsp3) is 0.167. The normalized spacial score (nSPS) is 10.1. The molecule has 0 saturated heterocycles. The Hall–Kier alpha value is -2.10. The van der Waals surface area contributed by atoms with Crippen LogP contribution in [0.4, 0.5) is 11.6 Å². The Labute approximate surface area is 94.5 Å². The molecule has 0 spiro atoms. The van der Waals surface area contributed by atoms with E-state index in [2.05, 4.69) is 15.3 Å². The van der Waals surface area contributed by atoms with Crippen LogP contribution in [0.3, 0.4) is 0 Å². The van der Waals surface area contributed by atoms with E-state index >= 15 is 0 Å². The van der Waals surface area contributed by atoms with Crippen molar-refractivity contribution in [3.8, 4) is 11.4 Å². The van der Waals surface area contributed by atoms with Crippen LogP contribution in [-0.2, 0) is 0 Å². The van der Waals surface area contributed by atoms with E-state index in [1.165, 1.54) is 5.56 Å². The van der Waals surface area contributed by atoms with Gasteiger partial charge < -0.3 is 11.1 Å². The molecule has 0 atom stereocenters. The number of aromatic nitrogens is 2.